The number of aliphatic imine (C=N–C) groups is 2. The number of amidine groups is 2. The van der Waals surface area contributed by atoms with Crippen molar-refractivity contribution >= 4 is 40.3 Å². The molecule has 7 nitrogen and oxygen atoms in total. The number of methoxy groups -OCH3 is 1. The van der Waals surface area contributed by atoms with Crippen LogP contribution in [0.1, 0.15) is 22.7 Å². The van der Waals surface area contributed by atoms with Crippen LogP contribution in [-0.4, -0.2) is 40.6 Å². The van der Waals surface area contributed by atoms with Crippen LogP contribution in [0.25, 0.3) is 0 Å². The van der Waals surface area contributed by atoms with E-state index in [1.165, 1.54) is 11.8 Å². The van der Waals surface area contributed by atoms with E-state index in [1.807, 2.05) is 78.9 Å². The Morgan fingerprint density at radius 3 is 2.53 bits per heavy atom. The lowest BCUT2D eigenvalue weighted by Gasteiger charge is -2.25. The number of amides is 2. The van der Waals surface area contributed by atoms with Crippen molar-refractivity contribution in [2.24, 2.45) is 9.98 Å². The summed E-state index contributed by atoms with van der Waals surface area (Å²) in [5, 5.41) is 3.37. The predicted octanol–water partition coefficient (Wildman–Crippen LogP) is 4.08. The fourth-order valence-corrected chi connectivity index (χ4v) is 4.66. The second-order valence-electron chi connectivity index (χ2n) is 7.76. The Kier molecular flexibility index (Phi) is 6.14. The topological polar surface area (TPSA) is 83.4 Å². The van der Waals surface area contributed by atoms with E-state index < -0.39 is 6.04 Å². The van der Waals surface area contributed by atoms with Crippen LogP contribution < -0.4 is 10.1 Å². The van der Waals surface area contributed by atoms with Crippen LogP contribution in [0.3, 0.4) is 0 Å². The molecule has 3 aromatic rings. The maximum absolute atomic E-state index is 13.4. The van der Waals surface area contributed by atoms with Crippen LogP contribution in [-0.2, 0) is 16.1 Å². The minimum atomic E-state index is -0.628. The number of hydrogen-bond donors (Lipinski definition) is 1. The summed E-state index contributed by atoms with van der Waals surface area (Å²) < 4.78 is 5.16. The summed E-state index contributed by atoms with van der Waals surface area (Å²) in [6.45, 7) is 0.407. The van der Waals surface area contributed by atoms with Gasteiger partial charge < -0.3 is 10.1 Å². The first kappa shape index (κ1) is 21.9. The summed E-state index contributed by atoms with van der Waals surface area (Å²) in [6, 6.07) is 24.0. The van der Waals surface area contributed by atoms with Crippen molar-refractivity contribution in [3.8, 4) is 5.75 Å². The standard InChI is InChI=1S/C26H22N4O3S/c1-33-19-13-11-17(12-14-19)15-27-22(31)16-34-26-28-21-10-6-5-9-20(21)24-29-23(25(32)30(24)26)18-7-3-2-4-8-18/h2-14,23H,15-16H2,1H3,(H,27,31). The average molecular weight is 471 g/mol. The molecule has 8 heteroatoms. The zero-order valence-corrected chi connectivity index (χ0v) is 19.3. The average Bonchev–Trinajstić information content (AvgIpc) is 3.24. The second-order valence-corrected chi connectivity index (χ2v) is 8.71. The quantitative estimate of drug-likeness (QED) is 0.589. The number of rotatable bonds is 6. The molecule has 0 bridgehead atoms. The second kappa shape index (κ2) is 9.52. The van der Waals surface area contributed by atoms with Crippen molar-refractivity contribution in [2.75, 3.05) is 12.9 Å². The lowest BCUT2D eigenvalue weighted by molar-refractivity contribution is -0.124. The van der Waals surface area contributed by atoms with Gasteiger partial charge in [-0.15, -0.1) is 0 Å². The summed E-state index contributed by atoms with van der Waals surface area (Å²) in [7, 11) is 1.61. The van der Waals surface area contributed by atoms with Gasteiger partial charge in [0.2, 0.25) is 5.91 Å². The number of carbonyl (C=O) groups excluding carboxylic acids is 2. The number of fused-ring (bicyclic) bond motifs is 3. The Morgan fingerprint density at radius 1 is 1.03 bits per heavy atom. The SMILES string of the molecule is COc1ccc(CNC(=O)CSC2=Nc3ccccc3C3=NC(c4ccccc4)C(=O)N23)cc1. The molecule has 0 saturated carbocycles. The maximum Gasteiger partial charge on any atom is 0.263 e. The van der Waals surface area contributed by atoms with Crippen LogP contribution in [0.2, 0.25) is 0 Å². The number of hydrogen-bond acceptors (Lipinski definition) is 6. The van der Waals surface area contributed by atoms with Gasteiger partial charge in [-0.3, -0.25) is 9.59 Å². The molecule has 2 amide bonds. The van der Waals surface area contributed by atoms with Crippen molar-refractivity contribution in [2.45, 2.75) is 12.6 Å². The van der Waals surface area contributed by atoms with Gasteiger partial charge in [-0.05, 0) is 35.4 Å². The highest BCUT2D eigenvalue weighted by molar-refractivity contribution is 8.14. The smallest absolute Gasteiger partial charge is 0.263 e. The zero-order chi connectivity index (χ0) is 23.5. The fraction of sp³-hybridized carbons (Fsp3) is 0.154. The molecule has 0 fully saturated rings. The molecule has 2 aliphatic heterocycles. The molecule has 5 rings (SSSR count). The van der Waals surface area contributed by atoms with Crippen LogP contribution >= 0.6 is 11.8 Å². The highest BCUT2D eigenvalue weighted by Gasteiger charge is 2.42. The van der Waals surface area contributed by atoms with Gasteiger partial charge in [0.25, 0.3) is 5.91 Å². The van der Waals surface area contributed by atoms with Crippen molar-refractivity contribution < 1.29 is 14.3 Å². The van der Waals surface area contributed by atoms with Gasteiger partial charge in [-0.2, -0.15) is 0 Å². The van der Waals surface area contributed by atoms with Crippen molar-refractivity contribution in [3.63, 3.8) is 0 Å². The summed E-state index contributed by atoms with van der Waals surface area (Å²) in [5.41, 5.74) is 3.34. The molecule has 0 spiro atoms. The van der Waals surface area contributed by atoms with Crippen LogP contribution in [0.4, 0.5) is 5.69 Å². The Hall–Kier alpha value is -3.91. The van der Waals surface area contributed by atoms with Gasteiger partial charge >= 0.3 is 0 Å². The Labute approximate surface area is 201 Å². The van der Waals surface area contributed by atoms with Gasteiger partial charge in [0, 0.05) is 12.1 Å². The Morgan fingerprint density at radius 2 is 1.76 bits per heavy atom. The third-order valence-corrected chi connectivity index (χ3v) is 6.50. The van der Waals surface area contributed by atoms with Crippen molar-refractivity contribution in [1.29, 1.82) is 0 Å². The monoisotopic (exact) mass is 470 g/mol. The fourth-order valence-electron chi connectivity index (χ4n) is 3.82. The first-order chi connectivity index (χ1) is 16.6. The number of nitrogens with zero attached hydrogens (tertiary/aromatic N) is 3. The molecule has 2 heterocycles. The van der Waals surface area contributed by atoms with Crippen LogP contribution in [0, 0.1) is 0 Å². The predicted molar refractivity (Wildman–Crippen MR) is 133 cm³/mol. The highest BCUT2D eigenvalue weighted by atomic mass is 32.2. The van der Waals surface area contributed by atoms with E-state index in [1.54, 1.807) is 12.0 Å². The number of nitrogens with one attached hydrogen (secondary N) is 1. The lowest BCUT2D eigenvalue weighted by atomic mass is 10.1. The van der Waals surface area contributed by atoms with Crippen molar-refractivity contribution in [3.05, 3.63) is 95.6 Å². The third kappa shape index (κ3) is 4.32. The number of thioether (sulfide) groups is 1. The molecule has 0 aromatic heterocycles. The van der Waals surface area contributed by atoms with E-state index in [4.69, 9.17) is 9.73 Å². The number of benzene rings is 3. The zero-order valence-electron chi connectivity index (χ0n) is 18.5. The molecule has 170 valence electrons. The maximum atomic E-state index is 13.4. The molecule has 1 atom stereocenters. The van der Waals surface area contributed by atoms with E-state index in [2.05, 4.69) is 10.3 Å². The Balaban J connectivity index is 1.31. The minimum Gasteiger partial charge on any atom is -0.497 e. The van der Waals surface area contributed by atoms with Gasteiger partial charge in [0.1, 0.15) is 11.6 Å². The molecule has 2 aliphatic rings. The highest BCUT2D eigenvalue weighted by Crippen LogP contribution is 2.37. The summed E-state index contributed by atoms with van der Waals surface area (Å²) in [4.78, 5) is 36.9. The Bertz CT molecular complexity index is 1290. The molecule has 0 radical (unpaired) electrons. The molecule has 3 aromatic carbocycles. The van der Waals surface area contributed by atoms with E-state index in [0.29, 0.717) is 17.5 Å². The normalized spacial score (nSPS) is 16.3. The summed E-state index contributed by atoms with van der Waals surface area (Å²) in [5.74, 6) is 1.16. The third-order valence-electron chi connectivity index (χ3n) is 5.57. The first-order valence-electron chi connectivity index (χ1n) is 10.8. The number of para-hydroxylation sites is 1. The van der Waals surface area contributed by atoms with E-state index in [0.717, 1.165) is 28.1 Å². The van der Waals surface area contributed by atoms with Gasteiger partial charge in [-0.1, -0.05) is 66.4 Å². The molecular weight excluding hydrogens is 448 g/mol. The van der Waals surface area contributed by atoms with Crippen molar-refractivity contribution in [1.82, 2.24) is 10.2 Å². The van der Waals surface area contributed by atoms with E-state index in [-0.39, 0.29) is 17.6 Å². The largest absolute Gasteiger partial charge is 0.497 e. The number of ether oxygens (including phenoxy) is 1. The summed E-state index contributed by atoms with van der Waals surface area (Å²) in [6.07, 6.45) is 0. The first-order valence-corrected chi connectivity index (χ1v) is 11.8. The van der Waals surface area contributed by atoms with E-state index >= 15 is 0 Å². The molecule has 1 unspecified atom stereocenters. The molecule has 0 saturated heterocycles. The van der Waals surface area contributed by atoms with E-state index in [9.17, 15) is 9.59 Å². The van der Waals surface area contributed by atoms with Crippen LogP contribution in [0.15, 0.2) is 88.8 Å². The molecular formula is C26H22N4O3S. The van der Waals surface area contributed by atoms with Gasteiger partial charge in [-0.25, -0.2) is 14.9 Å². The van der Waals surface area contributed by atoms with Gasteiger partial charge in [0.05, 0.1) is 18.6 Å². The molecule has 1 N–H and O–H groups in total. The minimum absolute atomic E-state index is 0.129. The van der Waals surface area contributed by atoms with Crippen LogP contribution in [0.5, 0.6) is 5.75 Å². The van der Waals surface area contributed by atoms with Gasteiger partial charge in [0.15, 0.2) is 11.2 Å². The lowest BCUT2D eigenvalue weighted by Crippen LogP contribution is -2.40. The number of carbonyl (C=O) groups is 2. The summed E-state index contributed by atoms with van der Waals surface area (Å²) >= 11 is 1.23. The molecule has 34 heavy (non-hydrogen) atoms. The molecule has 0 aliphatic carbocycles.